The van der Waals surface area contributed by atoms with Gasteiger partial charge in [0.2, 0.25) is 0 Å². The van der Waals surface area contributed by atoms with Crippen LogP contribution in [0, 0.1) is 22.7 Å². The van der Waals surface area contributed by atoms with E-state index in [4.69, 9.17) is 0 Å². The van der Waals surface area contributed by atoms with Crippen molar-refractivity contribution in [2.75, 3.05) is 0 Å². The highest BCUT2D eigenvalue weighted by Crippen LogP contribution is 2.76. The van der Waals surface area contributed by atoms with Crippen LogP contribution in [-0.2, 0) is 4.79 Å². The van der Waals surface area contributed by atoms with Gasteiger partial charge in [0.1, 0.15) is 5.78 Å². The van der Waals surface area contributed by atoms with Crippen LogP contribution in [0.15, 0.2) is 0 Å². The lowest BCUT2D eigenvalue weighted by Gasteiger charge is -2.72. The van der Waals surface area contributed by atoms with E-state index < -0.39 is 0 Å². The molecule has 2 bridgehead atoms. The molecule has 3 aliphatic carbocycles. The van der Waals surface area contributed by atoms with Crippen LogP contribution in [0.3, 0.4) is 0 Å². The largest absolute Gasteiger partial charge is 0.299 e. The minimum atomic E-state index is 0.166. The van der Waals surface area contributed by atoms with Crippen LogP contribution in [0.25, 0.3) is 0 Å². The van der Waals surface area contributed by atoms with E-state index in [9.17, 15) is 4.79 Å². The lowest BCUT2D eigenvalue weighted by Crippen LogP contribution is -2.67. The predicted octanol–water partition coefficient (Wildman–Crippen LogP) is 3.82. The fourth-order valence-electron chi connectivity index (χ4n) is 3.46. The molecule has 0 saturated heterocycles. The Labute approximate surface area is 93.6 Å². The number of carbonyl (C=O) groups excluding carboxylic acids is 1. The van der Waals surface area contributed by atoms with Crippen molar-refractivity contribution in [2.45, 2.75) is 59.8 Å². The summed E-state index contributed by atoms with van der Waals surface area (Å²) < 4.78 is 0. The summed E-state index contributed by atoms with van der Waals surface area (Å²) in [6.45, 7) is 9.01. The Kier molecular flexibility index (Phi) is 2.48. The van der Waals surface area contributed by atoms with E-state index in [1.165, 1.54) is 19.3 Å². The fraction of sp³-hybridized carbons (Fsp3) is 0.929. The first-order valence-corrected chi connectivity index (χ1v) is 6.44. The van der Waals surface area contributed by atoms with Gasteiger partial charge in [-0.15, -0.1) is 0 Å². The molecule has 0 spiro atoms. The van der Waals surface area contributed by atoms with Crippen LogP contribution in [0.2, 0.25) is 0 Å². The third-order valence-corrected chi connectivity index (χ3v) is 4.84. The Morgan fingerprint density at radius 1 is 1.13 bits per heavy atom. The highest BCUT2D eigenvalue weighted by Gasteiger charge is 2.71. The van der Waals surface area contributed by atoms with E-state index in [1.807, 2.05) is 0 Å². The summed E-state index contributed by atoms with van der Waals surface area (Å²) in [5.41, 5.74) is 0.743. The zero-order valence-electron chi connectivity index (χ0n) is 10.6. The Morgan fingerprint density at radius 3 is 2.07 bits per heavy atom. The molecule has 1 nitrogen and oxygen atoms in total. The van der Waals surface area contributed by atoms with Crippen molar-refractivity contribution < 1.29 is 4.79 Å². The minimum absolute atomic E-state index is 0.166. The van der Waals surface area contributed by atoms with Crippen LogP contribution in [0.1, 0.15) is 59.8 Å². The lowest BCUT2D eigenvalue weighted by molar-refractivity contribution is -0.223. The van der Waals surface area contributed by atoms with E-state index in [-0.39, 0.29) is 5.41 Å². The molecule has 3 saturated carbocycles. The van der Waals surface area contributed by atoms with Gasteiger partial charge in [0.05, 0.1) is 0 Å². The lowest BCUT2D eigenvalue weighted by atomic mass is 9.31. The highest BCUT2D eigenvalue weighted by atomic mass is 16.1. The van der Waals surface area contributed by atoms with E-state index in [0.29, 0.717) is 17.1 Å². The molecule has 0 radical (unpaired) electrons. The first kappa shape index (κ1) is 11.2. The van der Waals surface area contributed by atoms with Gasteiger partial charge < -0.3 is 0 Å². The summed E-state index contributed by atoms with van der Waals surface area (Å²) in [5, 5.41) is 0. The topological polar surface area (TPSA) is 17.1 Å². The molecule has 0 aromatic carbocycles. The van der Waals surface area contributed by atoms with Gasteiger partial charge in [-0.2, -0.15) is 0 Å². The number of Topliss-reactive ketones (excluding diaryl/α,β-unsaturated/α-hetero) is 1. The Morgan fingerprint density at radius 2 is 1.67 bits per heavy atom. The maximum Gasteiger partial charge on any atom is 0.139 e. The molecule has 0 heterocycles. The van der Waals surface area contributed by atoms with Gasteiger partial charge in [0.25, 0.3) is 0 Å². The van der Waals surface area contributed by atoms with Crippen LogP contribution in [0.4, 0.5) is 0 Å². The van der Waals surface area contributed by atoms with Crippen molar-refractivity contribution in [1.82, 2.24) is 0 Å². The van der Waals surface area contributed by atoms with Crippen LogP contribution in [0.5, 0.6) is 0 Å². The zero-order valence-corrected chi connectivity index (χ0v) is 10.6. The second-order valence-electron chi connectivity index (χ2n) is 6.68. The van der Waals surface area contributed by atoms with Gasteiger partial charge in [-0.05, 0) is 42.9 Å². The SMILES string of the molecule is CC(C)CCC(=O)[C@]12C[C@@](C(C)C)(C1)C2. The average molecular weight is 208 g/mol. The van der Waals surface area contributed by atoms with Gasteiger partial charge in [-0.3, -0.25) is 4.79 Å². The molecule has 3 fully saturated rings. The molecule has 3 rings (SSSR count). The highest BCUT2D eigenvalue weighted by molar-refractivity contribution is 5.88. The standard InChI is InChI=1S/C14H24O/c1-10(2)5-6-12(15)14-7-13(8-14,9-14)11(3)4/h10-11H,5-9H2,1-4H3/t13-,14-. The van der Waals surface area contributed by atoms with Gasteiger partial charge >= 0.3 is 0 Å². The first-order chi connectivity index (χ1) is 6.90. The van der Waals surface area contributed by atoms with E-state index in [2.05, 4.69) is 27.7 Å². The molecular weight excluding hydrogens is 184 g/mol. The van der Waals surface area contributed by atoms with Gasteiger partial charge in [-0.1, -0.05) is 27.7 Å². The predicted molar refractivity (Wildman–Crippen MR) is 62.6 cm³/mol. The third-order valence-electron chi connectivity index (χ3n) is 4.84. The van der Waals surface area contributed by atoms with E-state index in [1.54, 1.807) is 0 Å². The number of ketones is 1. The molecule has 1 heteroatoms. The normalized spacial score (nSPS) is 37.7. The van der Waals surface area contributed by atoms with Crippen molar-refractivity contribution >= 4 is 5.78 Å². The van der Waals surface area contributed by atoms with Crippen LogP contribution in [-0.4, -0.2) is 5.78 Å². The molecular formula is C14H24O. The maximum atomic E-state index is 12.1. The van der Waals surface area contributed by atoms with Crippen molar-refractivity contribution in [3.8, 4) is 0 Å². The number of hydrogen-bond acceptors (Lipinski definition) is 1. The van der Waals surface area contributed by atoms with Crippen molar-refractivity contribution in [3.63, 3.8) is 0 Å². The first-order valence-electron chi connectivity index (χ1n) is 6.44. The molecule has 0 amide bonds. The summed E-state index contributed by atoms with van der Waals surface area (Å²) in [5.74, 6) is 2.01. The molecule has 86 valence electrons. The molecule has 15 heavy (non-hydrogen) atoms. The van der Waals surface area contributed by atoms with Crippen molar-refractivity contribution in [2.24, 2.45) is 22.7 Å². The summed E-state index contributed by atoms with van der Waals surface area (Å²) in [4.78, 5) is 12.1. The molecule has 0 aromatic heterocycles. The Balaban J connectivity index is 1.82. The molecule has 0 N–H and O–H groups in total. The van der Waals surface area contributed by atoms with Crippen LogP contribution < -0.4 is 0 Å². The maximum absolute atomic E-state index is 12.1. The average Bonchev–Trinajstić information content (AvgIpc) is 1.94. The molecule has 3 aliphatic rings. The van der Waals surface area contributed by atoms with Gasteiger partial charge in [0.15, 0.2) is 0 Å². The summed E-state index contributed by atoms with van der Waals surface area (Å²) in [6.07, 6.45) is 5.51. The minimum Gasteiger partial charge on any atom is -0.299 e. The quantitative estimate of drug-likeness (QED) is 0.671. The summed E-state index contributed by atoms with van der Waals surface area (Å²) in [6, 6.07) is 0. The number of carbonyl (C=O) groups is 1. The second kappa shape index (κ2) is 3.33. The summed E-state index contributed by atoms with van der Waals surface area (Å²) >= 11 is 0. The molecule has 0 atom stereocenters. The van der Waals surface area contributed by atoms with Gasteiger partial charge in [0, 0.05) is 11.8 Å². The van der Waals surface area contributed by atoms with Crippen molar-refractivity contribution in [1.29, 1.82) is 0 Å². The van der Waals surface area contributed by atoms with E-state index >= 15 is 0 Å². The second-order valence-corrected chi connectivity index (χ2v) is 6.68. The smallest absolute Gasteiger partial charge is 0.139 e. The van der Waals surface area contributed by atoms with Crippen molar-refractivity contribution in [3.05, 3.63) is 0 Å². The Hall–Kier alpha value is -0.330. The number of hydrogen-bond donors (Lipinski definition) is 0. The molecule has 0 unspecified atom stereocenters. The third kappa shape index (κ3) is 1.55. The molecule has 0 aliphatic heterocycles. The van der Waals surface area contributed by atoms with E-state index in [0.717, 1.165) is 18.8 Å². The zero-order chi connectivity index (χ0) is 11.3. The molecule has 0 aromatic rings. The summed E-state index contributed by atoms with van der Waals surface area (Å²) in [7, 11) is 0. The monoisotopic (exact) mass is 208 g/mol. The fourth-order valence-corrected chi connectivity index (χ4v) is 3.46. The Bertz CT molecular complexity index is 255. The van der Waals surface area contributed by atoms with Gasteiger partial charge in [-0.25, -0.2) is 0 Å². The number of rotatable bonds is 5. The van der Waals surface area contributed by atoms with Crippen LogP contribution >= 0.6 is 0 Å².